The lowest BCUT2D eigenvalue weighted by molar-refractivity contribution is -0.120. The highest BCUT2D eigenvalue weighted by atomic mass is 79.9. The number of thiophene rings is 1. The van der Waals surface area contributed by atoms with Gasteiger partial charge in [0, 0.05) is 29.3 Å². The molecule has 21 heavy (non-hydrogen) atoms. The van der Waals surface area contributed by atoms with E-state index in [4.69, 9.17) is 0 Å². The molecule has 0 saturated heterocycles. The van der Waals surface area contributed by atoms with Crippen LogP contribution in [0, 0.1) is 5.92 Å². The van der Waals surface area contributed by atoms with E-state index < -0.39 is 9.84 Å². The summed E-state index contributed by atoms with van der Waals surface area (Å²) in [6.07, 6.45) is 1.63. The summed E-state index contributed by atoms with van der Waals surface area (Å²) in [6, 6.07) is 3.83. The van der Waals surface area contributed by atoms with Crippen LogP contribution in [0.3, 0.4) is 0 Å². The number of nitrogens with zero attached hydrogens (tertiary/aromatic N) is 1. The van der Waals surface area contributed by atoms with Crippen molar-refractivity contribution in [2.24, 2.45) is 10.9 Å². The zero-order valence-electron chi connectivity index (χ0n) is 11.0. The largest absolute Gasteiger partial charge is 0.299 e. The third-order valence-electron chi connectivity index (χ3n) is 4.36. The number of halogens is 1. The van der Waals surface area contributed by atoms with Crippen molar-refractivity contribution in [2.75, 3.05) is 5.75 Å². The number of aliphatic imine (C=N–C) groups is 1. The molecule has 0 aromatic carbocycles. The van der Waals surface area contributed by atoms with E-state index >= 15 is 0 Å². The average molecular weight is 386 g/mol. The number of hydrogen-bond acceptors (Lipinski definition) is 5. The molecule has 1 aliphatic carbocycles. The second kappa shape index (κ2) is 4.60. The first-order chi connectivity index (χ1) is 9.97. The van der Waals surface area contributed by atoms with E-state index in [1.165, 1.54) is 11.3 Å². The summed E-state index contributed by atoms with van der Waals surface area (Å²) in [7, 11) is -3.29. The first-order valence-electron chi connectivity index (χ1n) is 6.78. The van der Waals surface area contributed by atoms with Gasteiger partial charge in [0.25, 0.3) is 0 Å². The van der Waals surface area contributed by atoms with Gasteiger partial charge in [0.1, 0.15) is 5.78 Å². The fourth-order valence-electron chi connectivity index (χ4n) is 3.49. The van der Waals surface area contributed by atoms with Crippen LogP contribution in [0.4, 0.5) is 0 Å². The predicted molar refractivity (Wildman–Crippen MR) is 85.4 cm³/mol. The molecule has 2 atom stereocenters. The number of Topliss-reactive ketones (excluding diaryl/α,β-unsaturated/α-hetero) is 1. The number of fused-ring (bicyclic) bond motifs is 1. The first kappa shape index (κ1) is 13.8. The monoisotopic (exact) mass is 385 g/mol. The van der Waals surface area contributed by atoms with Gasteiger partial charge in [-0.15, -0.1) is 11.3 Å². The van der Waals surface area contributed by atoms with Crippen molar-refractivity contribution < 1.29 is 13.2 Å². The molecule has 2 aliphatic heterocycles. The van der Waals surface area contributed by atoms with E-state index in [9.17, 15) is 13.2 Å². The smallest absolute Gasteiger partial charge is 0.177 e. The Balaban J connectivity index is 1.95. The quantitative estimate of drug-likeness (QED) is 0.745. The Morgan fingerprint density at radius 1 is 1.19 bits per heavy atom. The van der Waals surface area contributed by atoms with Gasteiger partial charge in [-0.05, 0) is 34.5 Å². The van der Waals surface area contributed by atoms with Gasteiger partial charge in [0.2, 0.25) is 0 Å². The summed E-state index contributed by atoms with van der Waals surface area (Å²) in [6.45, 7) is 0. The maximum absolute atomic E-state index is 12.4. The first-order valence-corrected chi connectivity index (χ1v) is 10.0. The van der Waals surface area contributed by atoms with E-state index in [0.717, 1.165) is 14.4 Å². The van der Waals surface area contributed by atoms with Crippen LogP contribution in [-0.4, -0.2) is 25.7 Å². The molecule has 4 nitrogen and oxygen atoms in total. The Kier molecular flexibility index (Phi) is 3.03. The van der Waals surface area contributed by atoms with E-state index in [-0.39, 0.29) is 23.4 Å². The zero-order chi connectivity index (χ0) is 14.8. The number of ketones is 1. The molecule has 1 saturated carbocycles. The van der Waals surface area contributed by atoms with Crippen LogP contribution in [0.15, 0.2) is 31.5 Å². The van der Waals surface area contributed by atoms with Crippen LogP contribution in [0.2, 0.25) is 0 Å². The second-order valence-corrected chi connectivity index (χ2v) is 10.1. The van der Waals surface area contributed by atoms with Gasteiger partial charge >= 0.3 is 0 Å². The average Bonchev–Trinajstić information content (AvgIpc) is 3.09. The lowest BCUT2D eigenvalue weighted by Gasteiger charge is -2.27. The van der Waals surface area contributed by atoms with Crippen molar-refractivity contribution in [2.45, 2.75) is 25.2 Å². The number of carbonyl (C=O) groups excluding carboxylic acids is 1. The van der Waals surface area contributed by atoms with Gasteiger partial charge in [-0.25, -0.2) is 8.42 Å². The second-order valence-electron chi connectivity index (χ2n) is 5.55. The van der Waals surface area contributed by atoms with E-state index in [1.54, 1.807) is 0 Å². The van der Waals surface area contributed by atoms with Gasteiger partial charge < -0.3 is 0 Å². The maximum Gasteiger partial charge on any atom is 0.177 e. The highest BCUT2D eigenvalue weighted by Crippen LogP contribution is 2.50. The van der Waals surface area contributed by atoms with Crippen LogP contribution in [0.1, 0.15) is 30.1 Å². The third kappa shape index (κ3) is 2.01. The lowest BCUT2D eigenvalue weighted by atomic mass is 9.84. The van der Waals surface area contributed by atoms with Crippen molar-refractivity contribution in [1.29, 1.82) is 0 Å². The number of rotatable bonds is 1. The summed E-state index contributed by atoms with van der Waals surface area (Å²) in [5, 5.41) is 0. The van der Waals surface area contributed by atoms with Crippen molar-refractivity contribution >= 4 is 48.6 Å². The molecule has 3 aliphatic rings. The highest BCUT2D eigenvalue weighted by Gasteiger charge is 2.49. The Morgan fingerprint density at radius 3 is 2.71 bits per heavy atom. The van der Waals surface area contributed by atoms with E-state index in [1.807, 2.05) is 12.1 Å². The Morgan fingerprint density at radius 2 is 2.00 bits per heavy atom. The highest BCUT2D eigenvalue weighted by molar-refractivity contribution is 9.11. The van der Waals surface area contributed by atoms with Gasteiger partial charge in [-0.2, -0.15) is 0 Å². The molecular weight excluding hydrogens is 374 g/mol. The molecule has 2 unspecified atom stereocenters. The molecule has 0 amide bonds. The molecule has 0 bridgehead atoms. The lowest BCUT2D eigenvalue weighted by Crippen LogP contribution is -2.29. The summed E-state index contributed by atoms with van der Waals surface area (Å²) >= 11 is 4.93. The summed E-state index contributed by atoms with van der Waals surface area (Å²) in [5.74, 6) is -0.483. The minimum absolute atomic E-state index is 0.122. The minimum atomic E-state index is -3.29. The molecule has 0 N–H and O–H groups in total. The molecule has 3 heterocycles. The number of hydrogen-bond donors (Lipinski definition) is 0. The Labute approximate surface area is 135 Å². The Bertz CT molecular complexity index is 819. The van der Waals surface area contributed by atoms with E-state index in [2.05, 4.69) is 20.9 Å². The molecule has 4 rings (SSSR count). The molecular formula is C14H12BrNO3S2. The zero-order valence-corrected chi connectivity index (χ0v) is 14.2. The predicted octanol–water partition coefficient (Wildman–Crippen LogP) is 3.06. The van der Waals surface area contributed by atoms with Gasteiger partial charge in [-0.3, -0.25) is 9.79 Å². The number of sulfone groups is 1. The summed E-state index contributed by atoms with van der Waals surface area (Å²) in [4.78, 5) is 18.2. The topological polar surface area (TPSA) is 63.6 Å². The van der Waals surface area contributed by atoms with E-state index in [0.29, 0.717) is 29.9 Å². The molecule has 1 aromatic heterocycles. The molecule has 110 valence electrons. The Hall–Kier alpha value is -0.790. The van der Waals surface area contributed by atoms with Gasteiger partial charge in [0.15, 0.2) is 9.84 Å². The minimum Gasteiger partial charge on any atom is -0.299 e. The van der Waals surface area contributed by atoms with Crippen molar-refractivity contribution in [1.82, 2.24) is 0 Å². The fraction of sp³-hybridized carbons (Fsp3) is 0.429. The molecule has 1 fully saturated rings. The van der Waals surface area contributed by atoms with Gasteiger partial charge in [-0.1, -0.05) is 0 Å². The van der Waals surface area contributed by atoms with Crippen LogP contribution in [0.25, 0.3) is 0 Å². The molecule has 0 radical (unpaired) electrons. The van der Waals surface area contributed by atoms with Crippen molar-refractivity contribution in [3.05, 3.63) is 31.4 Å². The fourth-order valence-corrected chi connectivity index (χ4v) is 6.98. The molecule has 1 aromatic rings. The van der Waals surface area contributed by atoms with Crippen LogP contribution in [-0.2, 0) is 14.6 Å². The SMILES string of the molecule is O=C1CCC2=NC3=C(C(c4ccc(Br)s4)C12)S(=O)(=O)CC3. The normalized spacial score (nSPS) is 30.3. The summed E-state index contributed by atoms with van der Waals surface area (Å²) in [5.41, 5.74) is 1.57. The van der Waals surface area contributed by atoms with Gasteiger partial charge in [0.05, 0.1) is 26.1 Å². The standard InChI is InChI=1S/C14H12BrNO3S2/c15-11-4-3-10(20-11)13-12-7(1-2-9(12)17)16-8-5-6-21(18,19)14(8)13/h3-4,12-13H,1-2,5-6H2. The maximum atomic E-state index is 12.4. The third-order valence-corrected chi connectivity index (χ3v) is 7.96. The van der Waals surface area contributed by atoms with Crippen molar-refractivity contribution in [3.63, 3.8) is 0 Å². The van der Waals surface area contributed by atoms with Crippen molar-refractivity contribution in [3.8, 4) is 0 Å². The van der Waals surface area contributed by atoms with Crippen LogP contribution in [0.5, 0.6) is 0 Å². The van der Waals surface area contributed by atoms with Crippen LogP contribution >= 0.6 is 27.3 Å². The molecule has 0 spiro atoms. The van der Waals surface area contributed by atoms with Crippen LogP contribution < -0.4 is 0 Å². The number of carbonyl (C=O) groups is 1. The number of allylic oxidation sites excluding steroid dienone is 2. The molecule has 7 heteroatoms. The summed E-state index contributed by atoms with van der Waals surface area (Å²) < 4.78 is 25.8.